The summed E-state index contributed by atoms with van der Waals surface area (Å²) in [6.07, 6.45) is 9.64. The van der Waals surface area contributed by atoms with E-state index in [1.165, 1.54) is 6.07 Å². The number of aliphatic hydroxyl groups is 2. The van der Waals surface area contributed by atoms with Gasteiger partial charge in [0.2, 0.25) is 0 Å². The summed E-state index contributed by atoms with van der Waals surface area (Å²) in [7, 11) is 0. The molecule has 5 nitrogen and oxygen atoms in total. The quantitative estimate of drug-likeness (QED) is 0.798. The summed E-state index contributed by atoms with van der Waals surface area (Å²) < 4.78 is 5.14. The van der Waals surface area contributed by atoms with E-state index in [9.17, 15) is 19.8 Å². The Morgan fingerprint density at radius 1 is 1.07 bits per heavy atom. The first kappa shape index (κ1) is 19.3. The number of fused-ring (bicyclic) bond motifs is 5. The third-order valence-corrected chi connectivity index (χ3v) is 9.28. The Morgan fingerprint density at radius 3 is 2.62 bits per heavy atom. The summed E-state index contributed by atoms with van der Waals surface area (Å²) in [6, 6.07) is 3.32. The van der Waals surface area contributed by atoms with Gasteiger partial charge in [-0.15, -0.1) is 0 Å². The van der Waals surface area contributed by atoms with E-state index in [1.54, 1.807) is 12.3 Å². The van der Waals surface area contributed by atoms with Crippen molar-refractivity contribution in [1.29, 1.82) is 0 Å². The van der Waals surface area contributed by atoms with Gasteiger partial charge in [0.05, 0.1) is 18.5 Å². The van der Waals surface area contributed by atoms with Gasteiger partial charge in [-0.25, -0.2) is 4.79 Å². The molecule has 3 saturated carbocycles. The number of hydrogen-bond donors (Lipinski definition) is 2. The smallest absolute Gasteiger partial charge is 0.335 e. The summed E-state index contributed by atoms with van der Waals surface area (Å²) in [5.41, 5.74) is 0.342. The van der Waals surface area contributed by atoms with Crippen molar-refractivity contribution in [2.45, 2.75) is 69.8 Å². The molecule has 2 N–H and O–H groups in total. The molecule has 1 heterocycles. The van der Waals surface area contributed by atoms with Crippen molar-refractivity contribution in [3.63, 3.8) is 0 Å². The molecule has 4 aliphatic carbocycles. The molecule has 1 aromatic rings. The molecule has 6 unspecified atom stereocenters. The van der Waals surface area contributed by atoms with Gasteiger partial charge in [-0.05, 0) is 80.4 Å². The van der Waals surface area contributed by atoms with Gasteiger partial charge < -0.3 is 14.6 Å². The third-order valence-electron chi connectivity index (χ3n) is 9.28. The average Bonchev–Trinajstić information content (AvgIpc) is 3.00. The van der Waals surface area contributed by atoms with Crippen LogP contribution >= 0.6 is 0 Å². The number of rotatable bonds is 2. The summed E-state index contributed by atoms with van der Waals surface area (Å²) >= 11 is 0. The number of ketones is 1. The van der Waals surface area contributed by atoms with Crippen molar-refractivity contribution in [3.8, 4) is 0 Å². The predicted octanol–water partition coefficient (Wildman–Crippen LogP) is 3.34. The minimum absolute atomic E-state index is 0.0628. The number of aliphatic hydroxyl groups excluding tert-OH is 1. The molecule has 4 aliphatic rings. The summed E-state index contributed by atoms with van der Waals surface area (Å²) in [6.45, 7) is 2.26. The largest absolute Gasteiger partial charge is 0.431 e. The Bertz CT molecular complexity index is 911. The Labute approximate surface area is 170 Å². The first-order valence-corrected chi connectivity index (χ1v) is 11.0. The molecule has 29 heavy (non-hydrogen) atoms. The normalized spacial score (nSPS) is 43.9. The van der Waals surface area contributed by atoms with Gasteiger partial charge in [0.15, 0.2) is 5.78 Å². The SMILES string of the molecule is CC12CCC3C(CCC4=CC(=O)CCC43CO)C1(O)CCC2c1ccc(=O)oc1. The lowest BCUT2D eigenvalue weighted by Gasteiger charge is -2.61. The maximum atomic E-state index is 12.1. The van der Waals surface area contributed by atoms with Crippen LogP contribution in [0.15, 0.2) is 39.3 Å². The van der Waals surface area contributed by atoms with Crippen molar-refractivity contribution < 1.29 is 19.4 Å². The highest BCUT2D eigenvalue weighted by Crippen LogP contribution is 2.69. The summed E-state index contributed by atoms with van der Waals surface area (Å²) in [5, 5.41) is 22.6. The fourth-order valence-corrected chi connectivity index (χ4v) is 7.73. The Kier molecular flexibility index (Phi) is 4.24. The van der Waals surface area contributed by atoms with Crippen molar-refractivity contribution in [1.82, 2.24) is 0 Å². The number of carbonyl (C=O) groups is 1. The van der Waals surface area contributed by atoms with Crippen LogP contribution < -0.4 is 5.63 Å². The molecule has 6 atom stereocenters. The second kappa shape index (κ2) is 6.39. The highest BCUT2D eigenvalue weighted by molar-refractivity contribution is 5.91. The van der Waals surface area contributed by atoms with Crippen LogP contribution in [0.5, 0.6) is 0 Å². The van der Waals surface area contributed by atoms with E-state index in [2.05, 4.69) is 6.92 Å². The second-order valence-electron chi connectivity index (χ2n) is 10.1. The van der Waals surface area contributed by atoms with Crippen LogP contribution in [-0.2, 0) is 4.79 Å². The van der Waals surface area contributed by atoms with Crippen LogP contribution in [0, 0.1) is 22.7 Å². The molecule has 0 saturated heterocycles. The van der Waals surface area contributed by atoms with Gasteiger partial charge in [-0.1, -0.05) is 12.5 Å². The lowest BCUT2D eigenvalue weighted by atomic mass is 9.45. The highest BCUT2D eigenvalue weighted by atomic mass is 16.4. The first-order chi connectivity index (χ1) is 13.8. The van der Waals surface area contributed by atoms with E-state index in [0.29, 0.717) is 12.8 Å². The van der Waals surface area contributed by atoms with Crippen molar-refractivity contribution in [2.75, 3.05) is 6.61 Å². The molecule has 0 amide bonds. The third kappa shape index (κ3) is 2.46. The Hall–Kier alpha value is -1.72. The second-order valence-corrected chi connectivity index (χ2v) is 10.1. The molecule has 5 heteroatoms. The van der Waals surface area contributed by atoms with E-state index in [4.69, 9.17) is 4.42 Å². The summed E-state index contributed by atoms with van der Waals surface area (Å²) in [4.78, 5) is 23.4. The molecule has 156 valence electrons. The van der Waals surface area contributed by atoms with Crippen LogP contribution in [0.1, 0.15) is 69.8 Å². The summed E-state index contributed by atoms with van der Waals surface area (Å²) in [5.74, 6) is 0.673. The Balaban J connectivity index is 1.53. The zero-order valence-electron chi connectivity index (χ0n) is 17.0. The zero-order chi connectivity index (χ0) is 20.4. The molecule has 0 aromatic carbocycles. The van der Waals surface area contributed by atoms with Crippen LogP contribution in [0.3, 0.4) is 0 Å². The highest BCUT2D eigenvalue weighted by Gasteiger charge is 2.67. The van der Waals surface area contributed by atoms with E-state index in [-0.39, 0.29) is 46.6 Å². The molecule has 0 bridgehead atoms. The van der Waals surface area contributed by atoms with Crippen molar-refractivity contribution in [2.24, 2.45) is 22.7 Å². The van der Waals surface area contributed by atoms with E-state index in [1.807, 2.05) is 6.07 Å². The first-order valence-electron chi connectivity index (χ1n) is 11.0. The lowest BCUT2D eigenvalue weighted by Crippen LogP contribution is -2.61. The lowest BCUT2D eigenvalue weighted by molar-refractivity contribution is -0.184. The van der Waals surface area contributed by atoms with E-state index >= 15 is 0 Å². The van der Waals surface area contributed by atoms with Gasteiger partial charge in [-0.3, -0.25) is 4.79 Å². The Morgan fingerprint density at radius 2 is 1.90 bits per heavy atom. The molecule has 0 aliphatic heterocycles. The molecule has 0 spiro atoms. The molecule has 1 aromatic heterocycles. The fourth-order valence-electron chi connectivity index (χ4n) is 7.73. The maximum absolute atomic E-state index is 12.1. The molecule has 0 radical (unpaired) electrons. The van der Waals surface area contributed by atoms with Crippen LogP contribution in [-0.4, -0.2) is 28.2 Å². The van der Waals surface area contributed by atoms with Crippen molar-refractivity contribution in [3.05, 3.63) is 46.0 Å². The standard InChI is InChI=1S/C24H30O5/c1-22-9-7-19-20(4-3-16-12-17(26)6-10-23(16,19)14-25)24(22,28)11-8-18(22)15-2-5-21(27)29-13-15/h2,5,12-13,18-20,25,28H,3-4,6-11,14H2,1H3. The monoisotopic (exact) mass is 398 g/mol. The van der Waals surface area contributed by atoms with Crippen LogP contribution in [0.25, 0.3) is 0 Å². The molecular formula is C24H30O5. The fraction of sp³-hybridized carbons (Fsp3) is 0.667. The van der Waals surface area contributed by atoms with Gasteiger partial charge in [-0.2, -0.15) is 0 Å². The van der Waals surface area contributed by atoms with Gasteiger partial charge >= 0.3 is 5.63 Å². The zero-order valence-corrected chi connectivity index (χ0v) is 17.0. The van der Waals surface area contributed by atoms with Gasteiger partial charge in [0, 0.05) is 23.3 Å². The molecule has 3 fully saturated rings. The van der Waals surface area contributed by atoms with Gasteiger partial charge in [0.25, 0.3) is 0 Å². The van der Waals surface area contributed by atoms with Crippen molar-refractivity contribution >= 4 is 5.78 Å². The maximum Gasteiger partial charge on any atom is 0.335 e. The molecule has 5 rings (SSSR count). The van der Waals surface area contributed by atoms with E-state index < -0.39 is 5.60 Å². The molecular weight excluding hydrogens is 368 g/mol. The average molecular weight is 398 g/mol. The predicted molar refractivity (Wildman–Crippen MR) is 107 cm³/mol. The number of hydrogen-bond acceptors (Lipinski definition) is 5. The number of carbonyl (C=O) groups excluding carboxylic acids is 1. The minimum atomic E-state index is -0.800. The van der Waals surface area contributed by atoms with Crippen LogP contribution in [0.2, 0.25) is 0 Å². The van der Waals surface area contributed by atoms with Gasteiger partial charge in [0.1, 0.15) is 0 Å². The van der Waals surface area contributed by atoms with Crippen LogP contribution in [0.4, 0.5) is 0 Å². The van der Waals surface area contributed by atoms with E-state index in [0.717, 1.165) is 49.7 Å². The topological polar surface area (TPSA) is 87.7 Å². The minimum Gasteiger partial charge on any atom is -0.431 e.